The maximum atomic E-state index is 11.8. The number of nitrogens with zero attached hydrogens (tertiary/aromatic N) is 3. The molecular formula is C9H13N3O2S. The van der Waals surface area contributed by atoms with Gasteiger partial charge in [0.2, 0.25) is 0 Å². The molecular weight excluding hydrogens is 214 g/mol. The van der Waals surface area contributed by atoms with E-state index in [2.05, 4.69) is 10.9 Å². The Morgan fingerprint density at radius 2 is 2.33 bits per heavy atom. The molecule has 0 radical (unpaired) electrons. The Hall–Kier alpha value is -1.32. The van der Waals surface area contributed by atoms with Crippen molar-refractivity contribution >= 4 is 10.0 Å². The van der Waals surface area contributed by atoms with Gasteiger partial charge in [-0.25, -0.2) is 13.4 Å². The van der Waals surface area contributed by atoms with Crippen LogP contribution in [0.2, 0.25) is 0 Å². The van der Waals surface area contributed by atoms with Crippen LogP contribution in [0.15, 0.2) is 17.6 Å². The van der Waals surface area contributed by atoms with E-state index >= 15 is 0 Å². The van der Waals surface area contributed by atoms with E-state index in [1.807, 2.05) is 6.92 Å². The lowest BCUT2D eigenvalue weighted by Gasteiger charge is -2.11. The van der Waals surface area contributed by atoms with E-state index in [1.165, 1.54) is 19.6 Å². The van der Waals surface area contributed by atoms with Crippen LogP contribution in [0.4, 0.5) is 0 Å². The molecule has 0 aliphatic rings. The molecule has 0 amide bonds. The molecule has 0 aromatic carbocycles. The first kappa shape index (κ1) is 11.8. The quantitative estimate of drug-likeness (QED) is 0.688. The van der Waals surface area contributed by atoms with Crippen molar-refractivity contribution in [3.05, 3.63) is 12.5 Å². The molecule has 82 valence electrons. The standard InChI is InChI=1S/C9H13N3O2S/c1-4-6-11(3)15(13,14)9-7-12(5-2)8-10-9/h1,7-8H,5-6H2,2-3H3. The number of rotatable bonds is 4. The molecule has 0 bridgehead atoms. The minimum absolute atomic E-state index is 0.0297. The fraction of sp³-hybridized carbons (Fsp3) is 0.444. The highest BCUT2D eigenvalue weighted by Crippen LogP contribution is 2.10. The molecule has 0 fully saturated rings. The van der Waals surface area contributed by atoms with Gasteiger partial charge in [0.05, 0.1) is 12.9 Å². The predicted molar refractivity (Wildman–Crippen MR) is 56.5 cm³/mol. The molecule has 1 aromatic heterocycles. The Bertz CT molecular complexity index is 470. The van der Waals surface area contributed by atoms with Gasteiger partial charge in [-0.3, -0.25) is 0 Å². The first-order valence-electron chi connectivity index (χ1n) is 4.44. The van der Waals surface area contributed by atoms with Crippen LogP contribution in [-0.2, 0) is 16.6 Å². The summed E-state index contributed by atoms with van der Waals surface area (Å²) in [5.41, 5.74) is 0. The highest BCUT2D eigenvalue weighted by atomic mass is 32.2. The van der Waals surface area contributed by atoms with Gasteiger partial charge >= 0.3 is 0 Å². The SMILES string of the molecule is C#CCN(C)S(=O)(=O)c1cn(CC)cn1. The molecule has 0 aliphatic carbocycles. The van der Waals surface area contributed by atoms with Crippen molar-refractivity contribution < 1.29 is 8.42 Å². The van der Waals surface area contributed by atoms with Crippen LogP contribution in [0.5, 0.6) is 0 Å². The second-order valence-electron chi connectivity index (χ2n) is 3.01. The zero-order valence-corrected chi connectivity index (χ0v) is 9.53. The highest BCUT2D eigenvalue weighted by Gasteiger charge is 2.22. The molecule has 15 heavy (non-hydrogen) atoms. The number of aryl methyl sites for hydroxylation is 1. The molecule has 6 heteroatoms. The first-order chi connectivity index (χ1) is 7.02. The van der Waals surface area contributed by atoms with E-state index in [0.29, 0.717) is 6.54 Å². The summed E-state index contributed by atoms with van der Waals surface area (Å²) in [5, 5.41) is 0.0297. The van der Waals surface area contributed by atoms with Crippen molar-refractivity contribution in [3.8, 4) is 12.3 Å². The summed E-state index contributed by atoms with van der Waals surface area (Å²) in [7, 11) is -2.10. The number of hydrogen-bond acceptors (Lipinski definition) is 3. The molecule has 0 saturated carbocycles. The van der Waals surface area contributed by atoms with Gasteiger partial charge in [0, 0.05) is 19.8 Å². The Balaban J connectivity index is 3.01. The third-order valence-electron chi connectivity index (χ3n) is 1.96. The monoisotopic (exact) mass is 227 g/mol. The number of imidazole rings is 1. The van der Waals surface area contributed by atoms with Gasteiger partial charge in [-0.05, 0) is 6.92 Å². The molecule has 5 nitrogen and oxygen atoms in total. The molecule has 0 saturated heterocycles. The largest absolute Gasteiger partial charge is 0.336 e. The molecule has 1 heterocycles. The minimum atomic E-state index is -3.53. The van der Waals surface area contributed by atoms with Gasteiger partial charge in [0.25, 0.3) is 10.0 Å². The van der Waals surface area contributed by atoms with Crippen molar-refractivity contribution in [2.24, 2.45) is 0 Å². The lowest BCUT2D eigenvalue weighted by Crippen LogP contribution is -2.27. The summed E-state index contributed by atoms with van der Waals surface area (Å²) in [6.45, 7) is 2.63. The van der Waals surface area contributed by atoms with Crippen molar-refractivity contribution in [3.63, 3.8) is 0 Å². The number of hydrogen-bond donors (Lipinski definition) is 0. The summed E-state index contributed by atoms with van der Waals surface area (Å²) >= 11 is 0. The highest BCUT2D eigenvalue weighted by molar-refractivity contribution is 7.89. The van der Waals surface area contributed by atoms with Gasteiger partial charge < -0.3 is 4.57 Å². The van der Waals surface area contributed by atoms with Crippen LogP contribution in [0, 0.1) is 12.3 Å². The normalized spacial score (nSPS) is 11.6. The van der Waals surface area contributed by atoms with Crippen LogP contribution in [0.3, 0.4) is 0 Å². The number of terminal acetylenes is 1. The fourth-order valence-corrected chi connectivity index (χ4v) is 2.03. The second-order valence-corrected chi connectivity index (χ2v) is 5.00. The van der Waals surface area contributed by atoms with Gasteiger partial charge in [-0.15, -0.1) is 6.42 Å². The lowest BCUT2D eigenvalue weighted by molar-refractivity contribution is 0.500. The Labute approximate surface area is 89.8 Å². The third kappa shape index (κ3) is 2.37. The number of sulfonamides is 1. The van der Waals surface area contributed by atoms with E-state index in [-0.39, 0.29) is 11.6 Å². The second kappa shape index (κ2) is 4.47. The predicted octanol–water partition coefficient (Wildman–Crippen LogP) is 0.157. The molecule has 0 atom stereocenters. The van der Waals surface area contributed by atoms with Crippen molar-refractivity contribution in [1.82, 2.24) is 13.9 Å². The molecule has 1 aromatic rings. The number of aromatic nitrogens is 2. The zero-order valence-electron chi connectivity index (χ0n) is 8.71. The zero-order chi connectivity index (χ0) is 11.5. The van der Waals surface area contributed by atoms with Gasteiger partial charge in [0.1, 0.15) is 0 Å². The van der Waals surface area contributed by atoms with Gasteiger partial charge in [0.15, 0.2) is 5.03 Å². The Morgan fingerprint density at radius 3 is 2.80 bits per heavy atom. The Morgan fingerprint density at radius 1 is 1.67 bits per heavy atom. The van der Waals surface area contributed by atoms with E-state index in [4.69, 9.17) is 6.42 Å². The van der Waals surface area contributed by atoms with Crippen LogP contribution >= 0.6 is 0 Å². The van der Waals surface area contributed by atoms with Crippen LogP contribution in [-0.4, -0.2) is 35.9 Å². The van der Waals surface area contributed by atoms with E-state index in [9.17, 15) is 8.42 Å². The summed E-state index contributed by atoms with van der Waals surface area (Å²) in [4.78, 5) is 3.83. The summed E-state index contributed by atoms with van der Waals surface area (Å²) in [6, 6.07) is 0. The van der Waals surface area contributed by atoms with Crippen molar-refractivity contribution in [2.75, 3.05) is 13.6 Å². The summed E-state index contributed by atoms with van der Waals surface area (Å²) in [5.74, 6) is 2.28. The van der Waals surface area contributed by atoms with Crippen LogP contribution in [0.25, 0.3) is 0 Å². The maximum absolute atomic E-state index is 11.8. The van der Waals surface area contributed by atoms with Gasteiger partial charge in [-0.1, -0.05) is 5.92 Å². The summed E-state index contributed by atoms with van der Waals surface area (Å²) in [6.07, 6.45) is 8.03. The maximum Gasteiger partial charge on any atom is 0.262 e. The fourth-order valence-electron chi connectivity index (χ4n) is 1.02. The van der Waals surface area contributed by atoms with Gasteiger partial charge in [-0.2, -0.15) is 4.31 Å². The smallest absolute Gasteiger partial charge is 0.262 e. The average Bonchev–Trinajstić information content (AvgIpc) is 2.66. The molecule has 0 N–H and O–H groups in total. The van der Waals surface area contributed by atoms with Crippen molar-refractivity contribution in [1.29, 1.82) is 0 Å². The average molecular weight is 227 g/mol. The third-order valence-corrected chi connectivity index (χ3v) is 3.65. The molecule has 0 aliphatic heterocycles. The van der Waals surface area contributed by atoms with Crippen molar-refractivity contribution in [2.45, 2.75) is 18.5 Å². The molecule has 0 spiro atoms. The minimum Gasteiger partial charge on any atom is -0.336 e. The van der Waals surface area contributed by atoms with Crippen LogP contribution in [0.1, 0.15) is 6.92 Å². The Kier molecular flexibility index (Phi) is 3.50. The van der Waals surface area contributed by atoms with E-state index in [0.717, 1.165) is 4.31 Å². The first-order valence-corrected chi connectivity index (χ1v) is 5.88. The molecule has 0 unspecified atom stereocenters. The summed E-state index contributed by atoms with van der Waals surface area (Å²) < 4.78 is 26.4. The topological polar surface area (TPSA) is 55.2 Å². The van der Waals surface area contributed by atoms with Crippen LogP contribution < -0.4 is 0 Å². The molecule has 1 rings (SSSR count). The van der Waals surface area contributed by atoms with E-state index in [1.54, 1.807) is 4.57 Å². The lowest BCUT2D eigenvalue weighted by atomic mass is 10.7. The van der Waals surface area contributed by atoms with E-state index < -0.39 is 10.0 Å².